The van der Waals surface area contributed by atoms with Gasteiger partial charge in [-0.3, -0.25) is 4.79 Å². The molecule has 2 N–H and O–H groups in total. The zero-order valence-electron chi connectivity index (χ0n) is 16.2. The van der Waals surface area contributed by atoms with Crippen molar-refractivity contribution in [3.63, 3.8) is 0 Å². The third-order valence-corrected chi connectivity index (χ3v) is 6.47. The van der Waals surface area contributed by atoms with Crippen LogP contribution in [0.3, 0.4) is 0 Å². The number of hydrogen-bond acceptors (Lipinski definition) is 5. The fourth-order valence-corrected chi connectivity index (χ4v) is 4.20. The van der Waals surface area contributed by atoms with Crippen LogP contribution in [-0.2, 0) is 10.0 Å². The van der Waals surface area contributed by atoms with Crippen LogP contribution in [0.25, 0.3) is 11.0 Å². The number of furan rings is 1. The zero-order chi connectivity index (χ0) is 20.6. The van der Waals surface area contributed by atoms with Crippen molar-refractivity contribution in [1.29, 1.82) is 0 Å². The highest BCUT2D eigenvalue weighted by Gasteiger charge is 2.24. The number of nitrogens with one attached hydrogen (secondary N) is 2. The van der Waals surface area contributed by atoms with Gasteiger partial charge in [0, 0.05) is 23.2 Å². The summed E-state index contributed by atoms with van der Waals surface area (Å²) in [5, 5.41) is 3.55. The summed E-state index contributed by atoms with van der Waals surface area (Å²) in [5.74, 6) is 0.937. The number of amides is 1. The molecule has 1 aromatic heterocycles. The molecule has 1 aliphatic rings. The van der Waals surface area contributed by atoms with Gasteiger partial charge in [-0.2, -0.15) is 0 Å². The van der Waals surface area contributed by atoms with Crippen LogP contribution in [0.2, 0.25) is 0 Å². The third-order valence-electron chi connectivity index (χ3n) is 5.03. The van der Waals surface area contributed by atoms with E-state index in [4.69, 9.17) is 9.15 Å². The number of aryl methyl sites for hydroxylation is 1. The van der Waals surface area contributed by atoms with Gasteiger partial charge in [-0.05, 0) is 68.1 Å². The number of fused-ring (bicyclic) bond motifs is 1. The molecule has 2 aromatic carbocycles. The molecule has 0 unspecified atom stereocenters. The first-order valence-electron chi connectivity index (χ1n) is 9.35. The normalized spacial score (nSPS) is 14.1. The number of benzene rings is 2. The lowest BCUT2D eigenvalue weighted by molar-refractivity contribution is 0.0998. The SMILES string of the molecule is COc1ccc2oc(C(=O)Nc3ccc(S(=O)(=O)NCC4CC4)cc3)c(C)c2c1. The number of carbonyl (C=O) groups is 1. The van der Waals surface area contributed by atoms with Crippen LogP contribution in [-0.4, -0.2) is 28.0 Å². The van der Waals surface area contributed by atoms with Crippen molar-refractivity contribution in [2.45, 2.75) is 24.7 Å². The van der Waals surface area contributed by atoms with Crippen molar-refractivity contribution in [1.82, 2.24) is 4.72 Å². The Morgan fingerprint density at radius 2 is 1.90 bits per heavy atom. The quantitative estimate of drug-likeness (QED) is 0.614. The monoisotopic (exact) mass is 414 g/mol. The van der Waals surface area contributed by atoms with E-state index in [1.165, 1.54) is 12.1 Å². The first kappa shape index (κ1) is 19.5. The Hall–Kier alpha value is -2.84. The molecule has 0 saturated heterocycles. The van der Waals surface area contributed by atoms with E-state index in [0.717, 1.165) is 18.2 Å². The summed E-state index contributed by atoms with van der Waals surface area (Å²) in [6.45, 7) is 2.28. The molecule has 4 rings (SSSR count). The van der Waals surface area contributed by atoms with Crippen molar-refractivity contribution < 1.29 is 22.4 Å². The summed E-state index contributed by atoms with van der Waals surface area (Å²) < 4.78 is 38.1. The molecule has 0 spiro atoms. The molecular formula is C21H22N2O5S. The van der Waals surface area contributed by atoms with Crippen molar-refractivity contribution in [3.8, 4) is 5.75 Å². The van der Waals surface area contributed by atoms with E-state index >= 15 is 0 Å². The Balaban J connectivity index is 1.49. The first-order valence-corrected chi connectivity index (χ1v) is 10.8. The Kier molecular flexibility index (Phi) is 5.06. The van der Waals surface area contributed by atoms with Gasteiger partial charge >= 0.3 is 0 Å². The topological polar surface area (TPSA) is 97.6 Å². The van der Waals surface area contributed by atoms with E-state index in [2.05, 4.69) is 10.0 Å². The molecule has 0 aliphatic heterocycles. The number of methoxy groups -OCH3 is 1. The van der Waals surface area contributed by atoms with Gasteiger partial charge < -0.3 is 14.5 Å². The summed E-state index contributed by atoms with van der Waals surface area (Å²) in [6, 6.07) is 11.4. The van der Waals surface area contributed by atoms with Crippen molar-refractivity contribution >= 4 is 32.6 Å². The Labute approximate surface area is 169 Å². The minimum Gasteiger partial charge on any atom is -0.497 e. The van der Waals surface area contributed by atoms with E-state index in [0.29, 0.717) is 35.0 Å². The number of rotatable bonds is 7. The van der Waals surface area contributed by atoms with E-state index < -0.39 is 15.9 Å². The van der Waals surface area contributed by atoms with Gasteiger partial charge in [-0.15, -0.1) is 0 Å². The second kappa shape index (κ2) is 7.53. The summed E-state index contributed by atoms with van der Waals surface area (Å²) in [5.41, 5.74) is 1.78. The maximum atomic E-state index is 12.7. The lowest BCUT2D eigenvalue weighted by atomic mass is 10.1. The predicted octanol–water partition coefficient (Wildman–Crippen LogP) is 3.69. The summed E-state index contributed by atoms with van der Waals surface area (Å²) >= 11 is 0. The number of ether oxygens (including phenoxy) is 1. The molecule has 1 amide bonds. The summed E-state index contributed by atoms with van der Waals surface area (Å²) in [4.78, 5) is 12.8. The van der Waals surface area contributed by atoms with Crippen molar-refractivity contribution in [2.75, 3.05) is 19.0 Å². The number of hydrogen-bond donors (Lipinski definition) is 2. The maximum Gasteiger partial charge on any atom is 0.291 e. The molecule has 0 radical (unpaired) electrons. The number of carbonyl (C=O) groups excluding carboxylic acids is 1. The van der Waals surface area contributed by atoms with Crippen LogP contribution in [0.4, 0.5) is 5.69 Å². The van der Waals surface area contributed by atoms with Crippen LogP contribution >= 0.6 is 0 Å². The highest BCUT2D eigenvalue weighted by molar-refractivity contribution is 7.89. The van der Waals surface area contributed by atoms with Crippen LogP contribution in [0.5, 0.6) is 5.75 Å². The molecule has 1 heterocycles. The molecule has 29 heavy (non-hydrogen) atoms. The highest BCUT2D eigenvalue weighted by Crippen LogP contribution is 2.30. The minimum atomic E-state index is -3.54. The number of anilines is 1. The van der Waals surface area contributed by atoms with Gasteiger partial charge in [0.05, 0.1) is 12.0 Å². The molecule has 8 heteroatoms. The fourth-order valence-electron chi connectivity index (χ4n) is 3.08. The molecule has 3 aromatic rings. The Morgan fingerprint density at radius 1 is 1.17 bits per heavy atom. The largest absolute Gasteiger partial charge is 0.497 e. The predicted molar refractivity (Wildman–Crippen MR) is 110 cm³/mol. The molecular weight excluding hydrogens is 392 g/mol. The van der Waals surface area contributed by atoms with Gasteiger partial charge in [0.2, 0.25) is 10.0 Å². The van der Waals surface area contributed by atoms with Crippen molar-refractivity contribution in [2.24, 2.45) is 5.92 Å². The Morgan fingerprint density at radius 3 is 2.55 bits per heavy atom. The van der Waals surface area contributed by atoms with E-state index in [9.17, 15) is 13.2 Å². The minimum absolute atomic E-state index is 0.170. The second-order valence-electron chi connectivity index (χ2n) is 7.19. The van der Waals surface area contributed by atoms with Gasteiger partial charge in [-0.25, -0.2) is 13.1 Å². The standard InChI is InChI=1S/C21H22N2O5S/c1-13-18-11-16(27-2)7-10-19(18)28-20(13)21(24)23-15-5-8-17(9-6-15)29(25,26)22-12-14-3-4-14/h5-11,14,22H,3-4,12H2,1-2H3,(H,23,24). The van der Waals surface area contributed by atoms with E-state index in [1.54, 1.807) is 38.3 Å². The average molecular weight is 414 g/mol. The molecule has 1 aliphatic carbocycles. The molecule has 1 saturated carbocycles. The van der Waals surface area contributed by atoms with E-state index in [-0.39, 0.29) is 10.7 Å². The van der Waals surface area contributed by atoms with Crippen LogP contribution in [0.15, 0.2) is 51.8 Å². The van der Waals surface area contributed by atoms with Gasteiger partial charge in [0.25, 0.3) is 5.91 Å². The zero-order valence-corrected chi connectivity index (χ0v) is 17.0. The third kappa shape index (κ3) is 4.13. The highest BCUT2D eigenvalue weighted by atomic mass is 32.2. The average Bonchev–Trinajstić information content (AvgIpc) is 3.49. The Bertz CT molecular complexity index is 1160. The van der Waals surface area contributed by atoms with Gasteiger partial charge in [0.15, 0.2) is 5.76 Å². The van der Waals surface area contributed by atoms with Crippen LogP contribution in [0.1, 0.15) is 29.0 Å². The first-order chi connectivity index (χ1) is 13.9. The van der Waals surface area contributed by atoms with E-state index in [1.807, 2.05) is 6.07 Å². The summed E-state index contributed by atoms with van der Waals surface area (Å²) in [6.07, 6.45) is 2.14. The molecule has 7 nitrogen and oxygen atoms in total. The summed E-state index contributed by atoms with van der Waals surface area (Å²) in [7, 11) is -1.96. The lowest BCUT2D eigenvalue weighted by Crippen LogP contribution is -2.25. The van der Waals surface area contributed by atoms with Gasteiger partial charge in [-0.1, -0.05) is 0 Å². The van der Waals surface area contributed by atoms with Gasteiger partial charge in [0.1, 0.15) is 11.3 Å². The molecule has 1 fully saturated rings. The molecule has 152 valence electrons. The molecule has 0 bridgehead atoms. The lowest BCUT2D eigenvalue weighted by Gasteiger charge is -2.08. The fraction of sp³-hybridized carbons (Fsp3) is 0.286. The maximum absolute atomic E-state index is 12.7. The number of sulfonamides is 1. The smallest absolute Gasteiger partial charge is 0.291 e. The van der Waals surface area contributed by atoms with Crippen LogP contribution < -0.4 is 14.8 Å². The van der Waals surface area contributed by atoms with Crippen molar-refractivity contribution in [3.05, 3.63) is 53.8 Å². The molecule has 0 atom stereocenters. The second-order valence-corrected chi connectivity index (χ2v) is 8.96. The van der Waals surface area contributed by atoms with Crippen LogP contribution in [0, 0.1) is 12.8 Å².